The van der Waals surface area contributed by atoms with Gasteiger partial charge in [-0.1, -0.05) is 0 Å². The number of hydrogen-bond donors (Lipinski definition) is 2. The number of nitrogens with zero attached hydrogens (tertiary/aromatic N) is 3. The van der Waals surface area contributed by atoms with Gasteiger partial charge in [-0.05, 0) is 28.9 Å². The average molecular weight is 334 g/mol. The van der Waals surface area contributed by atoms with Gasteiger partial charge in [0.25, 0.3) is 0 Å². The second-order valence-corrected chi connectivity index (χ2v) is 4.91. The predicted octanol–water partition coefficient (Wildman–Crippen LogP) is 2.76. The molecule has 102 valence electrons. The molecule has 20 heavy (non-hydrogen) atoms. The van der Waals surface area contributed by atoms with Crippen molar-refractivity contribution in [2.24, 2.45) is 0 Å². The lowest BCUT2D eigenvalue weighted by atomic mass is 10.1. The number of rotatable bonds is 3. The van der Waals surface area contributed by atoms with E-state index >= 15 is 0 Å². The van der Waals surface area contributed by atoms with E-state index in [0.717, 1.165) is 28.0 Å². The highest BCUT2D eigenvalue weighted by atomic mass is 79.9. The van der Waals surface area contributed by atoms with Crippen LogP contribution in [0.1, 0.15) is 6.92 Å². The molecule has 3 rings (SSSR count). The Kier molecular flexibility index (Phi) is 3.27. The molecule has 0 radical (unpaired) electrons. The van der Waals surface area contributed by atoms with Crippen molar-refractivity contribution in [3.8, 4) is 17.0 Å². The van der Waals surface area contributed by atoms with Crippen molar-refractivity contribution in [1.29, 1.82) is 0 Å². The molecule has 3 N–H and O–H groups in total. The van der Waals surface area contributed by atoms with Gasteiger partial charge in [-0.15, -0.1) is 0 Å². The van der Waals surface area contributed by atoms with Crippen LogP contribution in [0.5, 0.6) is 5.75 Å². The molecule has 0 unspecified atom stereocenters. The summed E-state index contributed by atoms with van der Waals surface area (Å²) >= 11 is 3.37. The Morgan fingerprint density at radius 3 is 3.00 bits per heavy atom. The monoisotopic (exact) mass is 333 g/mol. The highest BCUT2D eigenvalue weighted by Gasteiger charge is 2.15. The van der Waals surface area contributed by atoms with E-state index in [0.29, 0.717) is 11.2 Å². The number of pyridine rings is 1. The maximum atomic E-state index is 5.69. The molecule has 6 nitrogen and oxygen atoms in total. The van der Waals surface area contributed by atoms with Crippen LogP contribution in [0.3, 0.4) is 0 Å². The predicted molar refractivity (Wildman–Crippen MR) is 80.4 cm³/mol. The van der Waals surface area contributed by atoms with Crippen LogP contribution < -0.4 is 10.5 Å². The first-order chi connectivity index (χ1) is 9.69. The van der Waals surface area contributed by atoms with Crippen LogP contribution in [0.4, 0.5) is 5.95 Å². The van der Waals surface area contributed by atoms with E-state index < -0.39 is 0 Å². The van der Waals surface area contributed by atoms with E-state index in [1.54, 1.807) is 12.3 Å². The molecule has 0 saturated heterocycles. The first-order valence-corrected chi connectivity index (χ1v) is 6.87. The molecule has 0 bridgehead atoms. The van der Waals surface area contributed by atoms with Crippen LogP contribution in [0, 0.1) is 0 Å². The van der Waals surface area contributed by atoms with Crippen LogP contribution in [0.15, 0.2) is 29.1 Å². The van der Waals surface area contributed by atoms with E-state index in [4.69, 9.17) is 10.5 Å². The molecule has 0 aliphatic carbocycles. The number of anilines is 1. The minimum atomic E-state index is 0.236. The normalized spacial score (nSPS) is 10.9. The number of hydrogen-bond acceptors (Lipinski definition) is 5. The average Bonchev–Trinajstić information content (AvgIpc) is 2.82. The lowest BCUT2D eigenvalue weighted by Crippen LogP contribution is -1.96. The van der Waals surface area contributed by atoms with Gasteiger partial charge in [0.2, 0.25) is 5.95 Å². The first kappa shape index (κ1) is 12.9. The number of nitrogens with two attached hydrogens (primary N) is 1. The van der Waals surface area contributed by atoms with Crippen molar-refractivity contribution < 1.29 is 4.74 Å². The zero-order valence-corrected chi connectivity index (χ0v) is 12.3. The van der Waals surface area contributed by atoms with Crippen molar-refractivity contribution in [2.75, 3.05) is 12.3 Å². The Balaban J connectivity index is 2.26. The summed E-state index contributed by atoms with van der Waals surface area (Å²) in [6, 6.07) is 3.64. The standard InChI is InChI=1S/C13H12BrN5O/c1-2-20-9-5-10(14)19-12-11(9)7(6-17-12)8-3-4-16-13(15)18-8/h3-6H,2H2,1H3,(H,17,19)(H2,15,16,18). The van der Waals surface area contributed by atoms with Crippen molar-refractivity contribution in [2.45, 2.75) is 6.92 Å². The molecular weight excluding hydrogens is 322 g/mol. The number of nitrogens with one attached hydrogen (secondary N) is 1. The van der Waals surface area contributed by atoms with Gasteiger partial charge in [-0.3, -0.25) is 0 Å². The van der Waals surface area contributed by atoms with Crippen LogP contribution in [0.2, 0.25) is 0 Å². The lowest BCUT2D eigenvalue weighted by Gasteiger charge is -2.07. The zero-order valence-electron chi connectivity index (χ0n) is 10.7. The van der Waals surface area contributed by atoms with Gasteiger partial charge < -0.3 is 15.5 Å². The van der Waals surface area contributed by atoms with Crippen molar-refractivity contribution in [1.82, 2.24) is 19.9 Å². The SMILES string of the molecule is CCOc1cc(Br)nc2[nH]cc(-c3ccnc(N)n3)c12. The van der Waals surface area contributed by atoms with Crippen LogP contribution >= 0.6 is 15.9 Å². The number of H-pyrrole nitrogens is 1. The fourth-order valence-corrected chi connectivity index (χ4v) is 2.45. The summed E-state index contributed by atoms with van der Waals surface area (Å²) in [4.78, 5) is 15.7. The van der Waals surface area contributed by atoms with Gasteiger partial charge in [-0.25, -0.2) is 15.0 Å². The number of fused-ring (bicyclic) bond motifs is 1. The fraction of sp³-hybridized carbons (Fsp3) is 0.154. The summed E-state index contributed by atoms with van der Waals surface area (Å²) in [5.74, 6) is 0.984. The number of aromatic nitrogens is 4. The summed E-state index contributed by atoms with van der Waals surface area (Å²) in [6.45, 7) is 2.51. The Labute approximate surface area is 123 Å². The van der Waals surface area contributed by atoms with Crippen molar-refractivity contribution in [3.05, 3.63) is 29.1 Å². The summed E-state index contributed by atoms with van der Waals surface area (Å²) in [6.07, 6.45) is 3.47. The third-order valence-corrected chi connectivity index (χ3v) is 3.23. The van der Waals surface area contributed by atoms with Crippen molar-refractivity contribution >= 4 is 32.9 Å². The highest BCUT2D eigenvalue weighted by Crippen LogP contribution is 2.35. The second kappa shape index (κ2) is 5.09. The summed E-state index contributed by atoms with van der Waals surface area (Å²) in [5.41, 5.74) is 7.99. The number of aromatic amines is 1. The van der Waals surface area contributed by atoms with Gasteiger partial charge in [0.05, 0.1) is 17.7 Å². The Morgan fingerprint density at radius 2 is 2.25 bits per heavy atom. The van der Waals surface area contributed by atoms with Gasteiger partial charge in [0, 0.05) is 24.0 Å². The van der Waals surface area contributed by atoms with E-state index in [1.807, 2.05) is 19.2 Å². The molecule has 7 heteroatoms. The Hall–Kier alpha value is -2.15. The Morgan fingerprint density at radius 1 is 1.40 bits per heavy atom. The van der Waals surface area contributed by atoms with Gasteiger partial charge >= 0.3 is 0 Å². The third-order valence-electron chi connectivity index (χ3n) is 2.82. The topological polar surface area (TPSA) is 89.7 Å². The van der Waals surface area contributed by atoms with Gasteiger partial charge in [0.15, 0.2) is 0 Å². The van der Waals surface area contributed by atoms with Crippen LogP contribution in [0.25, 0.3) is 22.3 Å². The van der Waals surface area contributed by atoms with Gasteiger partial charge in [-0.2, -0.15) is 0 Å². The van der Waals surface area contributed by atoms with Crippen LogP contribution in [-0.4, -0.2) is 26.5 Å². The first-order valence-electron chi connectivity index (χ1n) is 6.08. The van der Waals surface area contributed by atoms with E-state index in [-0.39, 0.29) is 5.95 Å². The molecule has 0 saturated carbocycles. The fourth-order valence-electron chi connectivity index (χ4n) is 2.06. The molecule has 0 aliphatic heterocycles. The smallest absolute Gasteiger partial charge is 0.220 e. The second-order valence-electron chi connectivity index (χ2n) is 4.10. The minimum Gasteiger partial charge on any atom is -0.493 e. The number of halogens is 1. The molecule has 0 aliphatic rings. The van der Waals surface area contributed by atoms with Gasteiger partial charge in [0.1, 0.15) is 16.0 Å². The summed E-state index contributed by atoms with van der Waals surface area (Å²) in [7, 11) is 0. The molecule has 0 spiro atoms. The maximum absolute atomic E-state index is 5.69. The maximum Gasteiger partial charge on any atom is 0.220 e. The molecule has 0 aromatic carbocycles. The highest BCUT2D eigenvalue weighted by molar-refractivity contribution is 9.10. The summed E-state index contributed by atoms with van der Waals surface area (Å²) < 4.78 is 6.40. The molecular formula is C13H12BrN5O. The van der Waals surface area contributed by atoms with E-state index in [9.17, 15) is 0 Å². The lowest BCUT2D eigenvalue weighted by molar-refractivity contribution is 0.344. The molecule has 3 heterocycles. The Bertz CT molecular complexity index is 771. The third kappa shape index (κ3) is 2.20. The molecule has 0 atom stereocenters. The minimum absolute atomic E-state index is 0.236. The largest absolute Gasteiger partial charge is 0.493 e. The quantitative estimate of drug-likeness (QED) is 0.719. The van der Waals surface area contributed by atoms with E-state index in [2.05, 4.69) is 35.9 Å². The molecule has 3 aromatic heterocycles. The van der Waals surface area contributed by atoms with E-state index in [1.165, 1.54) is 0 Å². The van der Waals surface area contributed by atoms with Crippen molar-refractivity contribution in [3.63, 3.8) is 0 Å². The molecule has 0 amide bonds. The van der Waals surface area contributed by atoms with Crippen LogP contribution in [-0.2, 0) is 0 Å². The number of ether oxygens (including phenoxy) is 1. The number of nitrogen functional groups attached to an aromatic ring is 1. The summed E-state index contributed by atoms with van der Waals surface area (Å²) in [5, 5.41) is 0.883. The molecule has 3 aromatic rings. The zero-order chi connectivity index (χ0) is 14.1. The molecule has 0 fully saturated rings.